The van der Waals surface area contributed by atoms with Crippen LogP contribution in [0.25, 0.3) is 0 Å². The third-order valence-corrected chi connectivity index (χ3v) is 2.01. The number of hydrogen-bond acceptors (Lipinski definition) is 2. The molecular formula is C7H11BO2. The zero-order valence-corrected chi connectivity index (χ0v) is 6.33. The maximum atomic E-state index is 11.0. The maximum absolute atomic E-state index is 11.0. The predicted molar refractivity (Wildman–Crippen MR) is 38.9 cm³/mol. The van der Waals surface area contributed by atoms with Crippen molar-refractivity contribution in [3.05, 3.63) is 0 Å². The van der Waals surface area contributed by atoms with Gasteiger partial charge in [-0.1, -0.05) is 13.8 Å². The zero-order chi connectivity index (χ0) is 7.72. The summed E-state index contributed by atoms with van der Waals surface area (Å²) in [7, 11) is 5.36. The van der Waals surface area contributed by atoms with Crippen LogP contribution >= 0.6 is 0 Å². The van der Waals surface area contributed by atoms with Gasteiger partial charge < -0.3 is 4.74 Å². The van der Waals surface area contributed by atoms with Crippen molar-refractivity contribution >= 4 is 13.6 Å². The van der Waals surface area contributed by atoms with Gasteiger partial charge in [-0.2, -0.15) is 0 Å². The van der Waals surface area contributed by atoms with Crippen molar-refractivity contribution in [1.82, 2.24) is 0 Å². The standard InChI is InChI=1S/C7H11BO2/c1-3-5-4(2)6(9)7(8)10-5/h4-5,7H,3H2,1-2H3/t4?,5-,7-/m0/s1. The fourth-order valence-electron chi connectivity index (χ4n) is 1.27. The topological polar surface area (TPSA) is 26.3 Å². The molecule has 0 aromatic carbocycles. The molecule has 0 aromatic heterocycles. The number of ketones is 1. The summed E-state index contributed by atoms with van der Waals surface area (Å²) in [6, 6.07) is -0.667. The highest BCUT2D eigenvalue weighted by atomic mass is 16.5. The molecule has 2 radical (unpaired) electrons. The van der Waals surface area contributed by atoms with Crippen molar-refractivity contribution in [1.29, 1.82) is 0 Å². The van der Waals surface area contributed by atoms with Crippen molar-refractivity contribution in [2.45, 2.75) is 32.4 Å². The van der Waals surface area contributed by atoms with Gasteiger partial charge in [0.15, 0.2) is 5.78 Å². The average molecular weight is 138 g/mol. The first-order valence-electron chi connectivity index (χ1n) is 3.61. The van der Waals surface area contributed by atoms with Gasteiger partial charge in [0.05, 0.1) is 12.1 Å². The second-order valence-electron chi connectivity index (χ2n) is 2.69. The number of carbonyl (C=O) groups is 1. The molecule has 1 heterocycles. The van der Waals surface area contributed by atoms with Gasteiger partial charge in [0, 0.05) is 5.92 Å². The maximum Gasteiger partial charge on any atom is 0.157 e. The summed E-state index contributed by atoms with van der Waals surface area (Å²) in [4.78, 5) is 11.0. The summed E-state index contributed by atoms with van der Waals surface area (Å²) in [5.41, 5.74) is 0. The normalized spacial score (nSPS) is 40.6. The third kappa shape index (κ3) is 1.10. The Labute approximate surface area is 62.3 Å². The van der Waals surface area contributed by atoms with E-state index in [4.69, 9.17) is 12.6 Å². The minimum absolute atomic E-state index is 0.0139. The molecule has 0 amide bonds. The van der Waals surface area contributed by atoms with Crippen LogP contribution in [0.3, 0.4) is 0 Å². The molecule has 3 heteroatoms. The van der Waals surface area contributed by atoms with Crippen LogP contribution in [0.15, 0.2) is 0 Å². The fraction of sp³-hybridized carbons (Fsp3) is 0.857. The average Bonchev–Trinajstić information content (AvgIpc) is 2.17. The number of carbonyl (C=O) groups excluding carboxylic acids is 1. The van der Waals surface area contributed by atoms with Crippen LogP contribution in [0, 0.1) is 5.92 Å². The third-order valence-electron chi connectivity index (χ3n) is 2.01. The Balaban J connectivity index is 2.61. The molecule has 0 N–H and O–H groups in total. The summed E-state index contributed by atoms with van der Waals surface area (Å²) in [5, 5.41) is 0. The minimum atomic E-state index is -0.667. The van der Waals surface area contributed by atoms with Crippen molar-refractivity contribution < 1.29 is 9.53 Å². The van der Waals surface area contributed by atoms with Crippen LogP contribution in [-0.4, -0.2) is 25.7 Å². The van der Waals surface area contributed by atoms with Crippen molar-refractivity contribution in [3.8, 4) is 0 Å². The number of ether oxygens (including phenoxy) is 1. The Morgan fingerprint density at radius 3 is 2.50 bits per heavy atom. The molecule has 3 atom stereocenters. The van der Waals surface area contributed by atoms with E-state index in [-0.39, 0.29) is 17.8 Å². The van der Waals surface area contributed by atoms with Crippen molar-refractivity contribution in [3.63, 3.8) is 0 Å². The van der Waals surface area contributed by atoms with E-state index in [2.05, 4.69) is 0 Å². The Bertz CT molecular complexity index is 147. The lowest BCUT2D eigenvalue weighted by atomic mass is 9.90. The van der Waals surface area contributed by atoms with Crippen LogP contribution in [0.2, 0.25) is 0 Å². The second-order valence-corrected chi connectivity index (χ2v) is 2.69. The summed E-state index contributed by atoms with van der Waals surface area (Å²) >= 11 is 0. The van der Waals surface area contributed by atoms with Crippen molar-refractivity contribution in [2.75, 3.05) is 0 Å². The van der Waals surface area contributed by atoms with Crippen LogP contribution in [0.1, 0.15) is 20.3 Å². The van der Waals surface area contributed by atoms with Gasteiger partial charge in [-0.05, 0) is 6.42 Å². The van der Waals surface area contributed by atoms with Crippen LogP contribution in [-0.2, 0) is 9.53 Å². The highest BCUT2D eigenvalue weighted by molar-refractivity contribution is 6.24. The quantitative estimate of drug-likeness (QED) is 0.493. The Morgan fingerprint density at radius 2 is 2.30 bits per heavy atom. The fourth-order valence-corrected chi connectivity index (χ4v) is 1.27. The highest BCUT2D eigenvalue weighted by Gasteiger charge is 2.35. The molecule has 54 valence electrons. The monoisotopic (exact) mass is 138 g/mol. The molecule has 1 aliphatic rings. The Morgan fingerprint density at radius 1 is 1.70 bits per heavy atom. The molecule has 0 spiro atoms. The largest absolute Gasteiger partial charge is 0.376 e. The highest BCUT2D eigenvalue weighted by Crippen LogP contribution is 2.22. The van der Waals surface area contributed by atoms with E-state index in [0.717, 1.165) is 6.42 Å². The lowest BCUT2D eigenvalue weighted by molar-refractivity contribution is -0.121. The summed E-state index contributed by atoms with van der Waals surface area (Å²) < 4.78 is 5.16. The summed E-state index contributed by atoms with van der Waals surface area (Å²) in [6.07, 6.45) is 0.906. The SMILES string of the molecule is [B][C@H]1O[C@@H](CC)C(C)C1=O. The molecule has 1 aliphatic heterocycles. The van der Waals surface area contributed by atoms with Gasteiger partial charge in [0.1, 0.15) is 7.85 Å². The van der Waals surface area contributed by atoms with Gasteiger partial charge in [0.2, 0.25) is 0 Å². The smallest absolute Gasteiger partial charge is 0.157 e. The molecule has 0 bridgehead atoms. The van der Waals surface area contributed by atoms with E-state index in [1.807, 2.05) is 13.8 Å². The predicted octanol–water partition coefficient (Wildman–Crippen LogP) is 0.495. The van der Waals surface area contributed by atoms with E-state index < -0.39 is 6.00 Å². The van der Waals surface area contributed by atoms with E-state index in [1.54, 1.807) is 0 Å². The molecule has 2 nitrogen and oxygen atoms in total. The van der Waals surface area contributed by atoms with E-state index in [1.165, 1.54) is 0 Å². The van der Waals surface area contributed by atoms with E-state index in [0.29, 0.717) is 0 Å². The first-order chi connectivity index (χ1) is 4.66. The Hall–Kier alpha value is -0.305. The van der Waals surface area contributed by atoms with Crippen molar-refractivity contribution in [2.24, 2.45) is 5.92 Å². The van der Waals surface area contributed by atoms with Gasteiger partial charge in [0.25, 0.3) is 0 Å². The lowest BCUT2D eigenvalue weighted by Gasteiger charge is -2.09. The second kappa shape index (κ2) is 2.75. The molecule has 0 saturated carbocycles. The van der Waals surface area contributed by atoms with E-state index >= 15 is 0 Å². The molecular weight excluding hydrogens is 127 g/mol. The van der Waals surface area contributed by atoms with Crippen LogP contribution < -0.4 is 0 Å². The van der Waals surface area contributed by atoms with Gasteiger partial charge in [-0.25, -0.2) is 0 Å². The number of Topliss-reactive ketones (excluding diaryl/α,β-unsaturated/α-hetero) is 1. The molecule has 10 heavy (non-hydrogen) atoms. The molecule has 1 unspecified atom stereocenters. The molecule has 0 aliphatic carbocycles. The lowest BCUT2D eigenvalue weighted by Crippen LogP contribution is -2.18. The summed E-state index contributed by atoms with van der Waals surface area (Å²) in [5.74, 6) is 0.0202. The molecule has 1 fully saturated rings. The van der Waals surface area contributed by atoms with Gasteiger partial charge in [-0.15, -0.1) is 0 Å². The minimum Gasteiger partial charge on any atom is -0.376 e. The number of hydrogen-bond donors (Lipinski definition) is 0. The first-order valence-corrected chi connectivity index (χ1v) is 3.61. The van der Waals surface area contributed by atoms with Gasteiger partial charge >= 0.3 is 0 Å². The molecule has 1 saturated heterocycles. The van der Waals surface area contributed by atoms with Gasteiger partial charge in [-0.3, -0.25) is 4.79 Å². The zero-order valence-electron chi connectivity index (χ0n) is 6.33. The molecule has 1 rings (SSSR count). The Kier molecular flexibility index (Phi) is 2.14. The van der Waals surface area contributed by atoms with E-state index in [9.17, 15) is 4.79 Å². The summed E-state index contributed by atoms with van der Waals surface area (Å²) in [6.45, 7) is 3.86. The van der Waals surface area contributed by atoms with Crippen LogP contribution in [0.4, 0.5) is 0 Å². The molecule has 0 aromatic rings. The number of rotatable bonds is 1. The van der Waals surface area contributed by atoms with Crippen LogP contribution in [0.5, 0.6) is 0 Å². The first kappa shape index (κ1) is 7.80.